The number of benzene rings is 2. The van der Waals surface area contributed by atoms with Crippen molar-refractivity contribution in [2.45, 2.75) is 110 Å². The molecule has 0 spiro atoms. The number of aromatic nitrogens is 3. The smallest absolute Gasteiger partial charge is 0.220 e. The van der Waals surface area contributed by atoms with Gasteiger partial charge in [-0.2, -0.15) is 0 Å². The summed E-state index contributed by atoms with van der Waals surface area (Å²) in [6.07, 6.45) is 13.9. The monoisotopic (exact) mass is 506 g/mol. The van der Waals surface area contributed by atoms with Crippen molar-refractivity contribution >= 4 is 16.9 Å². The largest absolute Gasteiger partial charge is 0.505 e. The molecule has 0 fully saturated rings. The van der Waals surface area contributed by atoms with E-state index in [0.717, 1.165) is 35.1 Å². The van der Waals surface area contributed by atoms with Crippen molar-refractivity contribution < 1.29 is 9.90 Å². The lowest BCUT2D eigenvalue weighted by Gasteiger charge is -2.23. The van der Waals surface area contributed by atoms with E-state index < -0.39 is 0 Å². The molecule has 0 radical (unpaired) electrons. The number of nitrogens with zero attached hydrogens (tertiary/aromatic N) is 3. The second-order valence-corrected chi connectivity index (χ2v) is 11.3. The number of aryl methyl sites for hydroxylation is 1. The zero-order chi connectivity index (χ0) is 26.7. The summed E-state index contributed by atoms with van der Waals surface area (Å²) in [6.45, 7) is 9.21. The number of aromatic hydroxyl groups is 1. The van der Waals surface area contributed by atoms with E-state index in [0.29, 0.717) is 18.5 Å². The molecular weight excluding hydrogens is 460 g/mol. The van der Waals surface area contributed by atoms with Crippen LogP contribution in [0.15, 0.2) is 36.4 Å². The minimum absolute atomic E-state index is 0.0748. The number of fused-ring (bicyclic) bond motifs is 1. The molecule has 0 aliphatic rings. The van der Waals surface area contributed by atoms with Gasteiger partial charge < -0.3 is 10.4 Å². The first-order valence-electron chi connectivity index (χ1n) is 14.2. The molecule has 2 N–H and O–H groups in total. The number of carbonyl (C=O) groups is 1. The van der Waals surface area contributed by atoms with Crippen molar-refractivity contribution in [1.29, 1.82) is 0 Å². The number of unbranched alkanes of at least 4 members (excludes halogenated alkanes) is 9. The third-order valence-corrected chi connectivity index (χ3v) is 6.95. The number of carbonyl (C=O) groups excluding carboxylic acids is 1. The Morgan fingerprint density at radius 3 is 2.03 bits per heavy atom. The molecule has 1 amide bonds. The summed E-state index contributed by atoms with van der Waals surface area (Å²) in [6, 6.07) is 11.6. The van der Waals surface area contributed by atoms with Crippen LogP contribution >= 0.6 is 0 Å². The molecule has 0 bridgehead atoms. The molecule has 6 nitrogen and oxygen atoms in total. The highest BCUT2D eigenvalue weighted by Gasteiger charge is 2.23. The second kappa shape index (κ2) is 14.2. The summed E-state index contributed by atoms with van der Waals surface area (Å²) in [5, 5.41) is 23.3. The van der Waals surface area contributed by atoms with Gasteiger partial charge in [-0.05, 0) is 42.0 Å². The molecule has 6 heteroatoms. The van der Waals surface area contributed by atoms with Crippen LogP contribution in [0.2, 0.25) is 0 Å². The molecule has 1 aromatic heterocycles. The fourth-order valence-corrected chi connectivity index (χ4v) is 4.70. The minimum atomic E-state index is -0.265. The third-order valence-electron chi connectivity index (χ3n) is 6.95. The predicted octanol–water partition coefficient (Wildman–Crippen LogP) is 7.39. The third kappa shape index (κ3) is 8.87. The zero-order valence-corrected chi connectivity index (χ0v) is 23.4. The quantitative estimate of drug-likeness (QED) is 0.211. The topological polar surface area (TPSA) is 80.0 Å². The van der Waals surface area contributed by atoms with Crippen LogP contribution < -0.4 is 5.32 Å². The molecular formula is C31H46N4O2. The maximum atomic E-state index is 12.5. The van der Waals surface area contributed by atoms with Crippen LogP contribution in [0.4, 0.5) is 0 Å². The van der Waals surface area contributed by atoms with E-state index >= 15 is 0 Å². The second-order valence-electron chi connectivity index (χ2n) is 11.3. The van der Waals surface area contributed by atoms with Crippen molar-refractivity contribution in [2.75, 3.05) is 6.54 Å². The van der Waals surface area contributed by atoms with Crippen LogP contribution in [0.1, 0.15) is 109 Å². The van der Waals surface area contributed by atoms with Crippen LogP contribution in [-0.2, 0) is 16.6 Å². The van der Waals surface area contributed by atoms with Gasteiger partial charge in [-0.3, -0.25) is 4.79 Å². The van der Waals surface area contributed by atoms with Gasteiger partial charge in [-0.25, -0.2) is 0 Å². The molecule has 202 valence electrons. The fourth-order valence-electron chi connectivity index (χ4n) is 4.70. The Kier molecular flexibility index (Phi) is 11.0. The van der Waals surface area contributed by atoms with Crippen LogP contribution in [0.25, 0.3) is 16.7 Å². The Morgan fingerprint density at radius 2 is 1.46 bits per heavy atom. The summed E-state index contributed by atoms with van der Waals surface area (Å²) < 4.78 is 0. The molecule has 3 rings (SSSR count). The van der Waals surface area contributed by atoms with Crippen molar-refractivity contribution in [3.05, 3.63) is 47.5 Å². The highest BCUT2D eigenvalue weighted by molar-refractivity contribution is 5.76. The van der Waals surface area contributed by atoms with E-state index in [2.05, 4.69) is 43.2 Å². The van der Waals surface area contributed by atoms with Gasteiger partial charge in [-0.15, -0.1) is 15.0 Å². The van der Waals surface area contributed by atoms with E-state index in [1.54, 1.807) is 0 Å². The Balaban J connectivity index is 1.50. The van der Waals surface area contributed by atoms with Crippen molar-refractivity contribution in [2.24, 2.45) is 0 Å². The molecule has 1 heterocycles. The first-order valence-corrected chi connectivity index (χ1v) is 14.2. The highest BCUT2D eigenvalue weighted by atomic mass is 16.3. The number of hydrogen-bond acceptors (Lipinski definition) is 4. The summed E-state index contributed by atoms with van der Waals surface area (Å²) in [7, 11) is 0. The van der Waals surface area contributed by atoms with Gasteiger partial charge in [-0.1, -0.05) is 104 Å². The fraction of sp³-hybridized carbons (Fsp3) is 0.581. The van der Waals surface area contributed by atoms with Crippen LogP contribution in [0.3, 0.4) is 0 Å². The Bertz CT molecular complexity index is 1100. The van der Waals surface area contributed by atoms with Gasteiger partial charge in [0.1, 0.15) is 22.5 Å². The van der Waals surface area contributed by atoms with E-state index in [1.165, 1.54) is 62.6 Å². The highest BCUT2D eigenvalue weighted by Crippen LogP contribution is 2.36. The Labute approximate surface area is 222 Å². The summed E-state index contributed by atoms with van der Waals surface area (Å²) >= 11 is 0. The Hall–Kier alpha value is -2.89. The number of phenolic OH excluding ortho intramolecular Hbond substituents is 1. The lowest BCUT2D eigenvalue weighted by molar-refractivity contribution is -0.121. The molecule has 0 atom stereocenters. The maximum absolute atomic E-state index is 12.5. The molecule has 0 aliphatic heterocycles. The maximum Gasteiger partial charge on any atom is 0.220 e. The molecule has 3 aromatic rings. The molecule has 37 heavy (non-hydrogen) atoms. The van der Waals surface area contributed by atoms with Gasteiger partial charge in [0, 0.05) is 18.5 Å². The van der Waals surface area contributed by atoms with Crippen LogP contribution in [-0.4, -0.2) is 32.6 Å². The van der Waals surface area contributed by atoms with Gasteiger partial charge in [0.05, 0.1) is 0 Å². The number of nitrogens with one attached hydrogen (secondary N) is 1. The first kappa shape index (κ1) is 28.7. The van der Waals surface area contributed by atoms with Crippen molar-refractivity contribution in [1.82, 2.24) is 20.3 Å². The minimum Gasteiger partial charge on any atom is -0.505 e. The first-order chi connectivity index (χ1) is 17.8. The molecule has 0 unspecified atom stereocenters. The lowest BCUT2D eigenvalue weighted by Crippen LogP contribution is -2.24. The number of phenols is 1. The number of hydrogen-bond donors (Lipinski definition) is 2. The standard InChI is InChI=1S/C31H46N4O2/c1-5-6-7-8-9-10-11-12-13-16-21-32-29(36)20-19-24-22-25(31(2,3)4)30(37)28(23-24)35-33-26-17-14-15-18-27(26)34-35/h14-15,17-18,22-23,37H,5-13,16,19-21H2,1-4H3,(H,32,36). The van der Waals surface area contributed by atoms with Gasteiger partial charge in [0.2, 0.25) is 5.91 Å². The molecule has 2 aromatic carbocycles. The SMILES string of the molecule is CCCCCCCCCCCCNC(=O)CCc1cc(-n2nc3ccccc3n2)c(O)c(C(C)(C)C)c1. The normalized spacial score (nSPS) is 11.8. The van der Waals surface area contributed by atoms with E-state index in [1.807, 2.05) is 36.4 Å². The number of rotatable bonds is 15. The number of amides is 1. The average Bonchev–Trinajstić information content (AvgIpc) is 3.30. The van der Waals surface area contributed by atoms with Gasteiger partial charge in [0.25, 0.3) is 0 Å². The zero-order valence-electron chi connectivity index (χ0n) is 23.4. The van der Waals surface area contributed by atoms with Crippen LogP contribution in [0.5, 0.6) is 5.75 Å². The Morgan fingerprint density at radius 1 is 0.892 bits per heavy atom. The average molecular weight is 507 g/mol. The van der Waals surface area contributed by atoms with Crippen LogP contribution in [0, 0.1) is 0 Å². The van der Waals surface area contributed by atoms with Gasteiger partial charge in [0.15, 0.2) is 0 Å². The summed E-state index contributed by atoms with van der Waals surface area (Å²) in [5.74, 6) is 0.257. The summed E-state index contributed by atoms with van der Waals surface area (Å²) in [4.78, 5) is 14.0. The predicted molar refractivity (Wildman–Crippen MR) is 152 cm³/mol. The van der Waals surface area contributed by atoms with E-state index in [4.69, 9.17) is 0 Å². The molecule has 0 saturated carbocycles. The van der Waals surface area contributed by atoms with Crippen molar-refractivity contribution in [3.8, 4) is 11.4 Å². The molecule has 0 saturated heterocycles. The van der Waals surface area contributed by atoms with E-state index in [-0.39, 0.29) is 17.1 Å². The van der Waals surface area contributed by atoms with E-state index in [9.17, 15) is 9.90 Å². The van der Waals surface area contributed by atoms with Crippen molar-refractivity contribution in [3.63, 3.8) is 0 Å². The summed E-state index contributed by atoms with van der Waals surface area (Å²) in [5.41, 5.74) is 3.65. The molecule has 0 aliphatic carbocycles. The van der Waals surface area contributed by atoms with Gasteiger partial charge >= 0.3 is 0 Å². The lowest BCUT2D eigenvalue weighted by atomic mass is 9.84.